The lowest BCUT2D eigenvalue weighted by Gasteiger charge is -2.31. The molecular formula is C20H23N3O4. The number of aromatic nitrogens is 1. The molecule has 2 amide bonds. The summed E-state index contributed by atoms with van der Waals surface area (Å²) in [4.78, 5) is 43.9. The van der Waals surface area contributed by atoms with E-state index in [-0.39, 0.29) is 18.4 Å². The van der Waals surface area contributed by atoms with Gasteiger partial charge >= 0.3 is 5.97 Å². The highest BCUT2D eigenvalue weighted by molar-refractivity contribution is 6.06. The van der Waals surface area contributed by atoms with Crippen molar-refractivity contribution in [1.82, 2.24) is 14.8 Å². The summed E-state index contributed by atoms with van der Waals surface area (Å²) in [6.07, 6.45) is 0.899. The second-order valence-corrected chi connectivity index (χ2v) is 6.98. The number of carboxylic acids is 1. The van der Waals surface area contributed by atoms with Crippen LogP contribution in [0.4, 0.5) is 0 Å². The quantitative estimate of drug-likeness (QED) is 0.889. The maximum Gasteiger partial charge on any atom is 0.306 e. The first-order chi connectivity index (χ1) is 12.9. The lowest BCUT2D eigenvalue weighted by atomic mass is 9.97. The van der Waals surface area contributed by atoms with Gasteiger partial charge in [0.2, 0.25) is 5.91 Å². The Morgan fingerprint density at radius 2 is 1.89 bits per heavy atom. The molecule has 2 aromatic rings. The number of piperidine rings is 1. The van der Waals surface area contributed by atoms with E-state index in [1.165, 1.54) is 4.90 Å². The van der Waals surface area contributed by atoms with Gasteiger partial charge in [-0.25, -0.2) is 0 Å². The van der Waals surface area contributed by atoms with E-state index in [0.717, 1.165) is 11.1 Å². The lowest BCUT2D eigenvalue weighted by molar-refractivity contribution is -0.145. The number of fused-ring (bicyclic) bond motifs is 1. The molecule has 0 spiro atoms. The zero-order valence-electron chi connectivity index (χ0n) is 15.5. The van der Waals surface area contributed by atoms with Gasteiger partial charge in [-0.3, -0.25) is 19.4 Å². The standard InChI is InChI=1S/C20H23N3O4/c1-13-6-7-14-4-3-5-16(18(14)21-13)19(25)22(2)12-17(24)23-10-8-15(9-11-23)20(26)27/h3-7,15H,8-12H2,1-2H3,(H,26,27). The Labute approximate surface area is 157 Å². The van der Waals surface area contributed by atoms with Crippen LogP contribution in [-0.4, -0.2) is 64.4 Å². The molecule has 1 fully saturated rings. The molecule has 0 unspecified atom stereocenters. The minimum absolute atomic E-state index is 0.0429. The van der Waals surface area contributed by atoms with Crippen molar-refractivity contribution in [3.05, 3.63) is 41.6 Å². The first-order valence-corrected chi connectivity index (χ1v) is 8.99. The van der Waals surface area contributed by atoms with Gasteiger partial charge in [-0.2, -0.15) is 0 Å². The number of benzene rings is 1. The Morgan fingerprint density at radius 1 is 1.19 bits per heavy atom. The largest absolute Gasteiger partial charge is 0.481 e. The summed E-state index contributed by atoms with van der Waals surface area (Å²) in [5.74, 6) is -1.63. The third-order valence-corrected chi connectivity index (χ3v) is 5.01. The molecule has 7 heteroatoms. The highest BCUT2D eigenvalue weighted by Gasteiger charge is 2.28. The number of aliphatic carboxylic acids is 1. The van der Waals surface area contributed by atoms with Crippen molar-refractivity contribution < 1.29 is 19.5 Å². The number of hydrogen-bond acceptors (Lipinski definition) is 4. The summed E-state index contributed by atoms with van der Waals surface area (Å²) in [5, 5.41) is 9.93. The molecule has 0 atom stereocenters. The Kier molecular flexibility index (Phi) is 5.39. The van der Waals surface area contributed by atoms with E-state index in [9.17, 15) is 14.4 Å². The van der Waals surface area contributed by atoms with Crippen molar-refractivity contribution in [3.63, 3.8) is 0 Å². The fraction of sp³-hybridized carbons (Fsp3) is 0.400. The van der Waals surface area contributed by atoms with Crippen LogP contribution in [-0.2, 0) is 9.59 Å². The lowest BCUT2D eigenvalue weighted by Crippen LogP contribution is -2.45. The number of para-hydroxylation sites is 1. The monoisotopic (exact) mass is 369 g/mol. The zero-order chi connectivity index (χ0) is 19.6. The molecule has 0 saturated carbocycles. The van der Waals surface area contributed by atoms with Crippen molar-refractivity contribution in [1.29, 1.82) is 0 Å². The number of pyridine rings is 1. The second kappa shape index (κ2) is 7.73. The Hall–Kier alpha value is -2.96. The summed E-state index contributed by atoms with van der Waals surface area (Å²) in [7, 11) is 1.60. The Morgan fingerprint density at radius 3 is 2.56 bits per heavy atom. The fourth-order valence-corrected chi connectivity index (χ4v) is 3.37. The van der Waals surface area contributed by atoms with Gasteiger partial charge in [-0.1, -0.05) is 18.2 Å². The van der Waals surface area contributed by atoms with Crippen LogP contribution in [0, 0.1) is 12.8 Å². The molecule has 1 saturated heterocycles. The number of likely N-dealkylation sites (tertiary alicyclic amines) is 1. The number of aryl methyl sites for hydroxylation is 1. The van der Waals surface area contributed by atoms with Gasteiger partial charge in [0, 0.05) is 31.2 Å². The number of carbonyl (C=O) groups excluding carboxylic acids is 2. The van der Waals surface area contributed by atoms with Crippen molar-refractivity contribution in [3.8, 4) is 0 Å². The highest BCUT2D eigenvalue weighted by atomic mass is 16.4. The summed E-state index contributed by atoms with van der Waals surface area (Å²) >= 11 is 0. The molecule has 0 aliphatic carbocycles. The minimum atomic E-state index is -0.812. The number of nitrogens with zero attached hydrogens (tertiary/aromatic N) is 3. The molecule has 1 aliphatic heterocycles. The third kappa shape index (κ3) is 4.07. The molecule has 142 valence electrons. The summed E-state index contributed by atoms with van der Waals surface area (Å²) in [6, 6.07) is 9.24. The van der Waals surface area contributed by atoms with Crippen LogP contribution in [0.15, 0.2) is 30.3 Å². The van der Waals surface area contributed by atoms with E-state index >= 15 is 0 Å². The van der Waals surface area contributed by atoms with E-state index in [1.807, 2.05) is 25.1 Å². The molecule has 1 aromatic heterocycles. The van der Waals surface area contributed by atoms with Gasteiger partial charge in [-0.05, 0) is 31.9 Å². The van der Waals surface area contributed by atoms with Crippen LogP contribution in [0.25, 0.3) is 10.9 Å². The molecule has 1 aromatic carbocycles. The molecule has 0 radical (unpaired) electrons. The molecule has 1 N–H and O–H groups in total. The first kappa shape index (κ1) is 18.8. The van der Waals surface area contributed by atoms with Crippen molar-refractivity contribution >= 4 is 28.7 Å². The van der Waals surface area contributed by atoms with Crippen LogP contribution in [0.1, 0.15) is 28.9 Å². The van der Waals surface area contributed by atoms with Crippen molar-refractivity contribution in [2.75, 3.05) is 26.7 Å². The first-order valence-electron chi connectivity index (χ1n) is 8.99. The molecule has 27 heavy (non-hydrogen) atoms. The van der Waals surface area contributed by atoms with Gasteiger partial charge in [0.1, 0.15) is 0 Å². The maximum absolute atomic E-state index is 12.9. The summed E-state index contributed by atoms with van der Waals surface area (Å²) in [6.45, 7) is 2.65. The number of hydrogen-bond donors (Lipinski definition) is 1. The Balaban J connectivity index is 1.69. The highest BCUT2D eigenvalue weighted by Crippen LogP contribution is 2.20. The molecule has 7 nitrogen and oxygen atoms in total. The molecular weight excluding hydrogens is 346 g/mol. The minimum Gasteiger partial charge on any atom is -0.481 e. The van der Waals surface area contributed by atoms with E-state index < -0.39 is 11.9 Å². The number of rotatable bonds is 4. The van der Waals surface area contributed by atoms with Gasteiger partial charge < -0.3 is 14.9 Å². The summed E-state index contributed by atoms with van der Waals surface area (Å²) < 4.78 is 0. The molecule has 2 heterocycles. The smallest absolute Gasteiger partial charge is 0.306 e. The number of likely N-dealkylation sites (N-methyl/N-ethyl adjacent to an activating group) is 1. The number of carboxylic acid groups (broad SMARTS) is 1. The van der Waals surface area contributed by atoms with Gasteiger partial charge in [0.15, 0.2) is 0 Å². The van der Waals surface area contributed by atoms with Crippen molar-refractivity contribution in [2.24, 2.45) is 5.92 Å². The average molecular weight is 369 g/mol. The fourth-order valence-electron chi connectivity index (χ4n) is 3.37. The van der Waals surface area contributed by atoms with Crippen LogP contribution in [0.3, 0.4) is 0 Å². The molecule has 0 bridgehead atoms. The average Bonchev–Trinajstić information content (AvgIpc) is 2.66. The predicted molar refractivity (Wildman–Crippen MR) is 100 cm³/mol. The molecule has 3 rings (SSSR count). The van der Waals surface area contributed by atoms with Gasteiger partial charge in [-0.15, -0.1) is 0 Å². The van der Waals surface area contributed by atoms with E-state index in [0.29, 0.717) is 37.0 Å². The van der Waals surface area contributed by atoms with Gasteiger partial charge in [0.05, 0.1) is 23.5 Å². The topological polar surface area (TPSA) is 90.8 Å². The van der Waals surface area contributed by atoms with Crippen LogP contribution < -0.4 is 0 Å². The third-order valence-electron chi connectivity index (χ3n) is 5.01. The molecule has 1 aliphatic rings. The van der Waals surface area contributed by atoms with E-state index in [1.54, 1.807) is 24.1 Å². The number of carbonyl (C=O) groups is 3. The SMILES string of the molecule is Cc1ccc2cccc(C(=O)N(C)CC(=O)N3CCC(C(=O)O)CC3)c2n1. The predicted octanol–water partition coefficient (Wildman–Crippen LogP) is 1.94. The Bertz CT molecular complexity index is 888. The summed E-state index contributed by atoms with van der Waals surface area (Å²) in [5.41, 5.74) is 1.92. The van der Waals surface area contributed by atoms with E-state index in [4.69, 9.17) is 5.11 Å². The number of amides is 2. The van der Waals surface area contributed by atoms with Crippen LogP contribution in [0.2, 0.25) is 0 Å². The zero-order valence-corrected chi connectivity index (χ0v) is 15.5. The van der Waals surface area contributed by atoms with Crippen molar-refractivity contribution in [2.45, 2.75) is 19.8 Å². The second-order valence-electron chi connectivity index (χ2n) is 6.98. The maximum atomic E-state index is 12.9. The van der Waals surface area contributed by atoms with Gasteiger partial charge in [0.25, 0.3) is 5.91 Å². The van der Waals surface area contributed by atoms with Crippen LogP contribution in [0.5, 0.6) is 0 Å². The normalized spacial score (nSPS) is 15.0. The van der Waals surface area contributed by atoms with E-state index in [2.05, 4.69) is 4.98 Å². The van der Waals surface area contributed by atoms with Crippen LogP contribution >= 0.6 is 0 Å².